The summed E-state index contributed by atoms with van der Waals surface area (Å²) in [6, 6.07) is 0. The molecule has 1 rings (SSSR count). The minimum atomic E-state index is -5.11. The van der Waals surface area contributed by atoms with Crippen molar-refractivity contribution in [2.24, 2.45) is 0 Å². The molecular formula is C43H81O13P. The maximum atomic E-state index is 12.8. The summed E-state index contributed by atoms with van der Waals surface area (Å²) in [6.45, 7) is 3.28. The molecule has 1 saturated carbocycles. The molecule has 8 atom stereocenters. The van der Waals surface area contributed by atoms with Crippen LogP contribution in [0.25, 0.3) is 0 Å². The van der Waals surface area contributed by atoms with Crippen LogP contribution in [0, 0.1) is 0 Å². The Labute approximate surface area is 343 Å². The summed E-state index contributed by atoms with van der Waals surface area (Å²) in [7, 11) is -5.11. The lowest BCUT2D eigenvalue weighted by Gasteiger charge is -2.41. The number of carbonyl (C=O) groups excluding carboxylic acids is 2. The van der Waals surface area contributed by atoms with Crippen molar-refractivity contribution in [1.29, 1.82) is 0 Å². The highest BCUT2D eigenvalue weighted by Crippen LogP contribution is 2.47. The van der Waals surface area contributed by atoms with Crippen molar-refractivity contribution in [2.45, 2.75) is 236 Å². The van der Waals surface area contributed by atoms with E-state index in [4.69, 9.17) is 18.5 Å². The molecule has 6 unspecified atom stereocenters. The SMILES string of the molecule is CCCCCCCC/C=C\CCCCCCCCCC(=O)OC[C@H](COP(=O)(O)OC1C(O)C(O)C(O)[C@@H](O)C1O)OC(=O)CCCCCCCCCCCCC. The van der Waals surface area contributed by atoms with Crippen LogP contribution in [0.15, 0.2) is 12.2 Å². The lowest BCUT2D eigenvalue weighted by molar-refractivity contribution is -0.220. The quantitative estimate of drug-likeness (QED) is 0.0151. The number of esters is 2. The molecule has 0 heterocycles. The zero-order valence-corrected chi connectivity index (χ0v) is 36.3. The molecule has 0 bridgehead atoms. The normalized spacial score (nSPS) is 22.7. The third kappa shape index (κ3) is 27.1. The monoisotopic (exact) mass is 837 g/mol. The average Bonchev–Trinajstić information content (AvgIpc) is 3.19. The van der Waals surface area contributed by atoms with Crippen LogP contribution in [0.2, 0.25) is 0 Å². The van der Waals surface area contributed by atoms with E-state index in [2.05, 4.69) is 26.0 Å². The standard InChI is InChI=1S/C43H81O13P/c1-3-5-7-9-11-13-15-16-17-18-19-20-22-23-25-27-29-31-36(44)53-33-35(55-37(45)32-30-28-26-24-21-14-12-10-8-6-4-2)34-54-57(51,52)56-43-41(49)39(47)38(46)40(48)42(43)50/h16-17,35,38-43,46-50H,3-15,18-34H2,1-2H3,(H,51,52)/b17-16-/t35-,38?,39-,40?,41?,42?,43?/m1/s1. The van der Waals surface area contributed by atoms with Crippen LogP contribution in [0.1, 0.15) is 194 Å². The maximum absolute atomic E-state index is 12.8. The molecule has 6 N–H and O–H groups in total. The van der Waals surface area contributed by atoms with Crippen molar-refractivity contribution < 1.29 is 63.1 Å². The van der Waals surface area contributed by atoms with Crippen molar-refractivity contribution in [3.05, 3.63) is 12.2 Å². The molecule has 0 aromatic carbocycles. The second kappa shape index (κ2) is 34.3. The largest absolute Gasteiger partial charge is 0.472 e. The summed E-state index contributed by atoms with van der Waals surface area (Å²) in [5, 5.41) is 50.0. The van der Waals surface area contributed by atoms with Gasteiger partial charge in [-0.2, -0.15) is 0 Å². The van der Waals surface area contributed by atoms with Crippen LogP contribution in [0.5, 0.6) is 0 Å². The van der Waals surface area contributed by atoms with Crippen LogP contribution in [-0.2, 0) is 32.7 Å². The predicted molar refractivity (Wildman–Crippen MR) is 221 cm³/mol. The number of aliphatic hydroxyl groups is 5. The van der Waals surface area contributed by atoms with E-state index < -0.39 is 75.7 Å². The minimum Gasteiger partial charge on any atom is -0.462 e. The van der Waals surface area contributed by atoms with Crippen molar-refractivity contribution >= 4 is 19.8 Å². The van der Waals surface area contributed by atoms with E-state index in [0.717, 1.165) is 57.8 Å². The highest BCUT2D eigenvalue weighted by atomic mass is 31.2. The number of hydrogen-bond donors (Lipinski definition) is 6. The van der Waals surface area contributed by atoms with E-state index in [1.165, 1.54) is 96.3 Å². The van der Waals surface area contributed by atoms with E-state index in [-0.39, 0.29) is 12.8 Å². The van der Waals surface area contributed by atoms with Gasteiger partial charge in [0.1, 0.15) is 43.2 Å². The smallest absolute Gasteiger partial charge is 0.462 e. The van der Waals surface area contributed by atoms with Crippen molar-refractivity contribution in [1.82, 2.24) is 0 Å². The van der Waals surface area contributed by atoms with Crippen LogP contribution in [0.3, 0.4) is 0 Å². The molecule has 0 amide bonds. The van der Waals surface area contributed by atoms with Gasteiger partial charge in [0, 0.05) is 12.8 Å². The van der Waals surface area contributed by atoms with Crippen molar-refractivity contribution in [3.8, 4) is 0 Å². The summed E-state index contributed by atoms with van der Waals surface area (Å²) >= 11 is 0. The first-order chi connectivity index (χ1) is 27.4. The molecule has 13 nitrogen and oxygen atoms in total. The van der Waals surface area contributed by atoms with Gasteiger partial charge in [0.15, 0.2) is 6.10 Å². The topological polar surface area (TPSA) is 210 Å². The summed E-state index contributed by atoms with van der Waals surface area (Å²) in [5.74, 6) is -1.10. The Kier molecular flexibility index (Phi) is 32.3. The van der Waals surface area contributed by atoms with E-state index >= 15 is 0 Å². The number of aliphatic hydroxyl groups excluding tert-OH is 5. The predicted octanol–water partition coefficient (Wildman–Crippen LogP) is 8.28. The van der Waals surface area contributed by atoms with E-state index in [0.29, 0.717) is 12.8 Å². The second-order valence-corrected chi connectivity index (χ2v) is 17.3. The van der Waals surface area contributed by atoms with E-state index in [1.807, 2.05) is 0 Å². The Morgan fingerprint density at radius 3 is 1.33 bits per heavy atom. The molecule has 1 aliphatic rings. The van der Waals surface area contributed by atoms with Gasteiger partial charge in [-0.15, -0.1) is 0 Å². The van der Waals surface area contributed by atoms with Gasteiger partial charge in [0.2, 0.25) is 0 Å². The molecule has 0 saturated heterocycles. The fourth-order valence-electron chi connectivity index (χ4n) is 6.93. The van der Waals surface area contributed by atoms with Gasteiger partial charge >= 0.3 is 19.8 Å². The molecule has 57 heavy (non-hydrogen) atoms. The number of phosphoric ester groups is 1. The zero-order chi connectivity index (χ0) is 42.2. The Balaban J connectivity index is 2.44. The van der Waals surface area contributed by atoms with Crippen LogP contribution < -0.4 is 0 Å². The number of phosphoric acid groups is 1. The van der Waals surface area contributed by atoms with Gasteiger partial charge in [-0.25, -0.2) is 4.57 Å². The van der Waals surface area contributed by atoms with Gasteiger partial charge in [-0.05, 0) is 38.5 Å². The molecule has 0 aromatic rings. The van der Waals surface area contributed by atoms with Crippen molar-refractivity contribution in [2.75, 3.05) is 13.2 Å². The first-order valence-electron chi connectivity index (χ1n) is 22.5. The Morgan fingerprint density at radius 2 is 0.895 bits per heavy atom. The zero-order valence-electron chi connectivity index (χ0n) is 35.4. The lowest BCUT2D eigenvalue weighted by atomic mass is 9.85. The number of rotatable bonds is 37. The van der Waals surface area contributed by atoms with Crippen LogP contribution >= 0.6 is 7.82 Å². The molecule has 1 fully saturated rings. The highest BCUT2D eigenvalue weighted by molar-refractivity contribution is 7.47. The summed E-state index contributed by atoms with van der Waals surface area (Å²) in [5.41, 5.74) is 0. The van der Waals surface area contributed by atoms with Gasteiger partial charge in [-0.3, -0.25) is 18.6 Å². The van der Waals surface area contributed by atoms with Gasteiger partial charge in [0.25, 0.3) is 0 Å². The maximum Gasteiger partial charge on any atom is 0.472 e. The summed E-state index contributed by atoms with van der Waals surface area (Å²) in [6.07, 6.45) is 21.3. The molecule has 1 aliphatic carbocycles. The summed E-state index contributed by atoms with van der Waals surface area (Å²) < 4.78 is 33.5. The Morgan fingerprint density at radius 1 is 0.526 bits per heavy atom. The molecule has 0 radical (unpaired) electrons. The Bertz CT molecular complexity index is 1060. The van der Waals surface area contributed by atoms with E-state index in [1.54, 1.807) is 0 Å². The first-order valence-corrected chi connectivity index (χ1v) is 24.0. The fourth-order valence-corrected chi connectivity index (χ4v) is 7.90. The van der Waals surface area contributed by atoms with Crippen LogP contribution in [0.4, 0.5) is 0 Å². The fraction of sp³-hybridized carbons (Fsp3) is 0.907. The molecule has 0 aliphatic heterocycles. The van der Waals surface area contributed by atoms with Crippen LogP contribution in [-0.4, -0.2) is 98.3 Å². The molecular weight excluding hydrogens is 755 g/mol. The lowest BCUT2D eigenvalue weighted by Crippen LogP contribution is -2.64. The number of carbonyl (C=O) groups is 2. The average molecular weight is 837 g/mol. The summed E-state index contributed by atoms with van der Waals surface area (Å²) in [4.78, 5) is 35.6. The third-order valence-electron chi connectivity index (χ3n) is 10.6. The molecule has 336 valence electrons. The number of ether oxygens (including phenoxy) is 2. The molecule has 0 aromatic heterocycles. The number of unbranched alkanes of at least 4 members (excludes halogenated alkanes) is 23. The van der Waals surface area contributed by atoms with E-state index in [9.17, 15) is 44.6 Å². The third-order valence-corrected chi connectivity index (χ3v) is 11.6. The number of allylic oxidation sites excluding steroid dienone is 2. The van der Waals surface area contributed by atoms with Gasteiger partial charge in [-0.1, -0.05) is 154 Å². The van der Waals surface area contributed by atoms with Gasteiger partial charge < -0.3 is 39.9 Å². The molecule has 0 spiro atoms. The highest BCUT2D eigenvalue weighted by Gasteiger charge is 2.51. The minimum absolute atomic E-state index is 0.100. The number of hydrogen-bond acceptors (Lipinski definition) is 12. The molecule has 14 heteroatoms. The van der Waals surface area contributed by atoms with Gasteiger partial charge in [0.05, 0.1) is 6.61 Å². The second-order valence-electron chi connectivity index (χ2n) is 15.9. The first kappa shape index (κ1) is 53.6. The Hall–Kier alpha value is -1.41. The van der Waals surface area contributed by atoms with Crippen molar-refractivity contribution in [3.63, 3.8) is 0 Å².